The minimum Gasteiger partial charge on any atom is -0.387 e. The van der Waals surface area contributed by atoms with Gasteiger partial charge in [0.15, 0.2) is 5.76 Å². The third-order valence-electron chi connectivity index (χ3n) is 3.91. The van der Waals surface area contributed by atoms with Gasteiger partial charge in [0.05, 0.1) is 16.3 Å². The first kappa shape index (κ1) is 21.2. The van der Waals surface area contributed by atoms with Crippen molar-refractivity contribution in [2.75, 3.05) is 19.6 Å². The molecule has 2 aromatic rings. The maximum atomic E-state index is 10.4. The van der Waals surface area contributed by atoms with Crippen molar-refractivity contribution in [3.8, 4) is 11.3 Å². The van der Waals surface area contributed by atoms with E-state index < -0.39 is 5.60 Å². The lowest BCUT2D eigenvalue weighted by molar-refractivity contribution is 0.0168. The number of hydrogen-bond donors (Lipinski definition) is 3. The molecule has 1 aromatic heterocycles. The fraction of sp³-hybridized carbons (Fsp3) is 0.438. The summed E-state index contributed by atoms with van der Waals surface area (Å²) in [7, 11) is 0. The SMILES string of the molecule is Cl.Cl.OC1(CNCc2cc(-c3ccccc3Cl)on2)CCCNC1. The first-order chi connectivity index (χ1) is 10.7. The van der Waals surface area contributed by atoms with E-state index in [1.807, 2.05) is 30.3 Å². The van der Waals surface area contributed by atoms with Gasteiger partial charge in [-0.25, -0.2) is 0 Å². The Balaban J connectivity index is 0.00000144. The highest BCUT2D eigenvalue weighted by atomic mass is 35.5. The van der Waals surface area contributed by atoms with Crippen molar-refractivity contribution >= 4 is 36.4 Å². The van der Waals surface area contributed by atoms with Crippen LogP contribution >= 0.6 is 36.4 Å². The number of rotatable bonds is 5. The van der Waals surface area contributed by atoms with E-state index in [0.717, 1.165) is 30.6 Å². The van der Waals surface area contributed by atoms with E-state index in [1.165, 1.54) is 0 Å². The summed E-state index contributed by atoms with van der Waals surface area (Å²) in [6.07, 6.45) is 1.81. The zero-order valence-corrected chi connectivity index (χ0v) is 15.5. The Bertz CT molecular complexity index is 631. The van der Waals surface area contributed by atoms with Gasteiger partial charge in [0, 0.05) is 31.3 Å². The minimum absolute atomic E-state index is 0. The second kappa shape index (κ2) is 9.61. The Hall–Kier alpha value is -0.820. The number of halogens is 3. The summed E-state index contributed by atoms with van der Waals surface area (Å²) in [4.78, 5) is 0. The van der Waals surface area contributed by atoms with Crippen LogP contribution in [0.15, 0.2) is 34.9 Å². The third-order valence-corrected chi connectivity index (χ3v) is 4.24. The van der Waals surface area contributed by atoms with Crippen LogP contribution in [0, 0.1) is 0 Å². The highest BCUT2D eigenvalue weighted by Gasteiger charge is 2.28. The molecule has 8 heteroatoms. The van der Waals surface area contributed by atoms with Crippen LogP contribution in [-0.2, 0) is 6.54 Å². The molecule has 1 aliphatic heterocycles. The van der Waals surface area contributed by atoms with E-state index in [0.29, 0.717) is 30.4 Å². The molecule has 1 atom stereocenters. The summed E-state index contributed by atoms with van der Waals surface area (Å²) in [5.74, 6) is 0.653. The fourth-order valence-electron chi connectivity index (χ4n) is 2.71. The number of nitrogens with zero attached hydrogens (tertiary/aromatic N) is 1. The molecule has 134 valence electrons. The predicted octanol–water partition coefficient (Wildman–Crippen LogP) is 3.04. The lowest BCUT2D eigenvalue weighted by Gasteiger charge is -2.32. The number of aliphatic hydroxyl groups is 1. The molecule has 0 saturated carbocycles. The zero-order valence-electron chi connectivity index (χ0n) is 13.1. The maximum absolute atomic E-state index is 10.4. The van der Waals surface area contributed by atoms with Gasteiger partial charge in [-0.05, 0) is 31.5 Å². The molecule has 24 heavy (non-hydrogen) atoms. The Morgan fingerprint density at radius 2 is 2.12 bits per heavy atom. The summed E-state index contributed by atoms with van der Waals surface area (Å²) in [6.45, 7) is 2.70. The van der Waals surface area contributed by atoms with Crippen LogP contribution < -0.4 is 10.6 Å². The van der Waals surface area contributed by atoms with Gasteiger partial charge in [-0.2, -0.15) is 0 Å². The van der Waals surface area contributed by atoms with E-state index in [2.05, 4.69) is 15.8 Å². The molecule has 1 fully saturated rings. The van der Waals surface area contributed by atoms with Gasteiger partial charge in [-0.3, -0.25) is 0 Å². The molecular formula is C16H22Cl3N3O2. The maximum Gasteiger partial charge on any atom is 0.168 e. The Morgan fingerprint density at radius 1 is 1.33 bits per heavy atom. The summed E-state index contributed by atoms with van der Waals surface area (Å²) in [5, 5.41) is 21.5. The van der Waals surface area contributed by atoms with Gasteiger partial charge in [-0.1, -0.05) is 28.9 Å². The van der Waals surface area contributed by atoms with Crippen LogP contribution in [0.4, 0.5) is 0 Å². The number of hydrogen-bond acceptors (Lipinski definition) is 5. The highest BCUT2D eigenvalue weighted by Crippen LogP contribution is 2.27. The number of β-amino-alcohol motifs (C(OH)–C–C–N with tert-alkyl or cyclic N) is 1. The average molecular weight is 395 g/mol. The number of benzene rings is 1. The van der Waals surface area contributed by atoms with Crippen LogP contribution in [0.25, 0.3) is 11.3 Å². The van der Waals surface area contributed by atoms with Gasteiger partial charge >= 0.3 is 0 Å². The quantitative estimate of drug-likeness (QED) is 0.727. The van der Waals surface area contributed by atoms with E-state index in [9.17, 15) is 5.11 Å². The Morgan fingerprint density at radius 3 is 2.83 bits per heavy atom. The van der Waals surface area contributed by atoms with Crippen LogP contribution in [0.5, 0.6) is 0 Å². The van der Waals surface area contributed by atoms with Crippen LogP contribution in [0.2, 0.25) is 5.02 Å². The van der Waals surface area contributed by atoms with Gasteiger partial charge in [0.1, 0.15) is 0 Å². The van der Waals surface area contributed by atoms with E-state index >= 15 is 0 Å². The summed E-state index contributed by atoms with van der Waals surface area (Å²) < 4.78 is 5.35. The Labute approximate surface area is 159 Å². The zero-order chi connectivity index (χ0) is 15.4. The van der Waals surface area contributed by atoms with Crippen LogP contribution in [0.3, 0.4) is 0 Å². The molecule has 3 rings (SSSR count). The Kier molecular flexibility index (Phi) is 8.50. The van der Waals surface area contributed by atoms with Crippen molar-refractivity contribution in [3.05, 3.63) is 41.0 Å². The molecule has 1 saturated heterocycles. The molecule has 0 aliphatic carbocycles. The number of piperidine rings is 1. The topological polar surface area (TPSA) is 70.3 Å². The van der Waals surface area contributed by atoms with E-state index in [-0.39, 0.29) is 24.8 Å². The molecule has 1 aromatic carbocycles. The number of aromatic nitrogens is 1. The van der Waals surface area contributed by atoms with Crippen molar-refractivity contribution in [2.24, 2.45) is 0 Å². The van der Waals surface area contributed by atoms with E-state index in [4.69, 9.17) is 16.1 Å². The largest absolute Gasteiger partial charge is 0.387 e. The third kappa shape index (κ3) is 5.34. The fourth-order valence-corrected chi connectivity index (χ4v) is 2.94. The van der Waals surface area contributed by atoms with Crippen molar-refractivity contribution < 1.29 is 9.63 Å². The molecular weight excluding hydrogens is 373 g/mol. The van der Waals surface area contributed by atoms with Crippen LogP contribution in [-0.4, -0.2) is 35.5 Å². The van der Waals surface area contributed by atoms with Gasteiger partial charge in [-0.15, -0.1) is 24.8 Å². The highest BCUT2D eigenvalue weighted by molar-refractivity contribution is 6.33. The summed E-state index contributed by atoms with van der Waals surface area (Å²) in [6, 6.07) is 9.38. The van der Waals surface area contributed by atoms with Crippen molar-refractivity contribution in [3.63, 3.8) is 0 Å². The van der Waals surface area contributed by atoms with Crippen molar-refractivity contribution in [1.82, 2.24) is 15.8 Å². The lowest BCUT2D eigenvalue weighted by atomic mass is 9.94. The monoisotopic (exact) mass is 393 g/mol. The molecule has 1 unspecified atom stereocenters. The first-order valence-electron chi connectivity index (χ1n) is 7.51. The number of nitrogens with one attached hydrogen (secondary N) is 2. The molecule has 3 N–H and O–H groups in total. The summed E-state index contributed by atoms with van der Waals surface area (Å²) in [5.41, 5.74) is 0.952. The summed E-state index contributed by atoms with van der Waals surface area (Å²) >= 11 is 6.15. The average Bonchev–Trinajstić information content (AvgIpc) is 2.97. The molecule has 0 bridgehead atoms. The van der Waals surface area contributed by atoms with E-state index in [1.54, 1.807) is 0 Å². The molecule has 0 amide bonds. The molecule has 5 nitrogen and oxygen atoms in total. The molecule has 0 radical (unpaired) electrons. The van der Waals surface area contributed by atoms with Gasteiger partial charge in [0.2, 0.25) is 0 Å². The smallest absolute Gasteiger partial charge is 0.168 e. The second-order valence-electron chi connectivity index (χ2n) is 5.77. The minimum atomic E-state index is -0.673. The molecule has 1 aliphatic rings. The predicted molar refractivity (Wildman–Crippen MR) is 100 cm³/mol. The molecule has 2 heterocycles. The first-order valence-corrected chi connectivity index (χ1v) is 7.88. The van der Waals surface area contributed by atoms with Crippen molar-refractivity contribution in [1.29, 1.82) is 0 Å². The standard InChI is InChI=1S/C16H20ClN3O2.2ClH/c17-14-5-2-1-4-13(14)15-8-12(20-22-15)9-19-11-16(21)6-3-7-18-10-16;;/h1-2,4-5,8,18-19,21H,3,6-7,9-11H2;2*1H. The van der Waals surface area contributed by atoms with Crippen LogP contribution in [0.1, 0.15) is 18.5 Å². The van der Waals surface area contributed by atoms with Gasteiger partial charge in [0.25, 0.3) is 0 Å². The van der Waals surface area contributed by atoms with Crippen molar-refractivity contribution in [2.45, 2.75) is 25.0 Å². The molecule has 0 spiro atoms. The second-order valence-corrected chi connectivity index (χ2v) is 6.18. The normalized spacial score (nSPS) is 20.1. The lowest BCUT2D eigenvalue weighted by Crippen LogP contribution is -2.51. The van der Waals surface area contributed by atoms with Gasteiger partial charge < -0.3 is 20.3 Å².